The lowest BCUT2D eigenvalue weighted by Gasteiger charge is -2.49. The Balaban J connectivity index is 0.000000127. The Labute approximate surface area is 819 Å². The van der Waals surface area contributed by atoms with E-state index >= 15 is 0 Å². The Morgan fingerprint density at radius 1 is 0.410 bits per heavy atom. The van der Waals surface area contributed by atoms with Gasteiger partial charge in [0.25, 0.3) is 0 Å². The third-order valence-corrected chi connectivity index (χ3v) is 34.0. The molecule has 8 aromatic rings. The average Bonchev–Trinajstić information content (AvgIpc) is 1.58. The number of aryl methyl sites for hydroxylation is 7. The number of benzene rings is 2. The van der Waals surface area contributed by atoms with Gasteiger partial charge in [-0.2, -0.15) is 35.3 Å². The number of ketones is 6. The lowest BCUT2D eigenvalue weighted by Crippen LogP contribution is -2.50. The molecule has 0 saturated carbocycles. The summed E-state index contributed by atoms with van der Waals surface area (Å²) in [6.07, 6.45) is 29.7. The number of H-pyrrole nitrogens is 1. The van der Waals surface area contributed by atoms with Crippen LogP contribution in [0.1, 0.15) is 256 Å². The molecular formula is C111H123ClN18O9. The number of hydrogen-bond donors (Lipinski definition) is 1. The molecule has 0 unspecified atom stereocenters. The van der Waals surface area contributed by atoms with Crippen molar-refractivity contribution < 1.29 is 43.1 Å². The summed E-state index contributed by atoms with van der Waals surface area (Å²) < 4.78 is 13.2. The summed E-state index contributed by atoms with van der Waals surface area (Å²) >= 11 is 6.22. The van der Waals surface area contributed by atoms with Crippen molar-refractivity contribution in [3.05, 3.63) is 291 Å². The highest BCUT2D eigenvalue weighted by Crippen LogP contribution is 2.62. The fourth-order valence-corrected chi connectivity index (χ4v) is 27.3. The van der Waals surface area contributed by atoms with Crippen molar-refractivity contribution in [1.82, 2.24) is 59.1 Å². The van der Waals surface area contributed by atoms with Crippen LogP contribution in [0.2, 0.25) is 5.02 Å². The highest BCUT2D eigenvalue weighted by atomic mass is 35.5. The third-order valence-electron chi connectivity index (χ3n) is 33.8. The molecule has 6 aromatic heterocycles. The summed E-state index contributed by atoms with van der Waals surface area (Å²) in [6, 6.07) is 18.1. The molecule has 20 rings (SSSR count). The molecule has 0 amide bonds. The lowest BCUT2D eigenvalue weighted by molar-refractivity contribution is -0.129. The average molecular weight is 1890 g/mol. The molecule has 12 aliphatic carbocycles. The molecule has 1 N–H and O–H groups in total. The van der Waals surface area contributed by atoms with Gasteiger partial charge >= 0.3 is 6.09 Å². The molecule has 0 fully saturated rings. The molecule has 6 heterocycles. The van der Waals surface area contributed by atoms with Crippen molar-refractivity contribution >= 4 is 58.3 Å². The maximum atomic E-state index is 12.8. The van der Waals surface area contributed by atoms with Crippen molar-refractivity contribution in [2.24, 2.45) is 82.1 Å². The molecule has 718 valence electrons. The fraction of sp³-hybridized carbons (Fsp3) is 0.495. The number of aromatic nitrogens is 12. The lowest BCUT2D eigenvalue weighted by atomic mass is 9.53. The zero-order valence-electron chi connectivity index (χ0n) is 84.0. The van der Waals surface area contributed by atoms with E-state index < -0.39 is 60.2 Å². The largest absolute Gasteiger partial charge is 0.451 e. The number of carbonyl (C=O) groups is 8. The van der Waals surface area contributed by atoms with Crippen LogP contribution in [0.25, 0.3) is 51.6 Å². The molecule has 12 aliphatic rings. The molecule has 0 spiro atoms. The summed E-state index contributed by atoms with van der Waals surface area (Å²) in [5.74, 6) is 0.391. The van der Waals surface area contributed by atoms with Crippen LogP contribution in [0, 0.1) is 107 Å². The van der Waals surface area contributed by atoms with Gasteiger partial charge in [0.2, 0.25) is 40.1 Å². The molecule has 28 heteroatoms. The van der Waals surface area contributed by atoms with Crippen LogP contribution >= 0.6 is 11.6 Å². The van der Waals surface area contributed by atoms with Crippen molar-refractivity contribution in [1.29, 1.82) is 0 Å². The summed E-state index contributed by atoms with van der Waals surface area (Å²) in [4.78, 5) is 120. The van der Waals surface area contributed by atoms with E-state index in [2.05, 4.69) is 102 Å². The number of aromatic amines is 1. The van der Waals surface area contributed by atoms with Crippen LogP contribution in [0.15, 0.2) is 150 Å². The minimum Gasteiger partial charge on any atom is -0.451 e. The number of fused-ring (bicyclic) bond motifs is 18. The smallest absolute Gasteiger partial charge is 0.434 e. The zero-order chi connectivity index (χ0) is 101. The number of nitrogens with zero attached hydrogens (tertiary/aromatic N) is 17. The predicted octanol–water partition coefficient (Wildman–Crippen LogP) is 21.0. The summed E-state index contributed by atoms with van der Waals surface area (Å²) in [6.45, 7) is 84.8. The van der Waals surface area contributed by atoms with E-state index in [1.165, 1.54) is 45.7 Å². The van der Waals surface area contributed by atoms with Crippen LogP contribution < -0.4 is 0 Å². The van der Waals surface area contributed by atoms with Gasteiger partial charge in [0.05, 0.1) is 92.6 Å². The Hall–Kier alpha value is -13.5. The number of hydrogen-bond acceptors (Lipinski definition) is 15. The first-order valence-electron chi connectivity index (χ1n) is 47.9. The van der Waals surface area contributed by atoms with Crippen molar-refractivity contribution in [2.75, 3.05) is 7.11 Å². The Kier molecular flexibility index (Phi) is 25.5. The van der Waals surface area contributed by atoms with Crippen LogP contribution in [-0.4, -0.2) is 113 Å². The van der Waals surface area contributed by atoms with E-state index in [1.807, 2.05) is 198 Å². The van der Waals surface area contributed by atoms with Crippen molar-refractivity contribution in [3.8, 4) is 22.5 Å². The fourth-order valence-electron chi connectivity index (χ4n) is 27.1. The maximum Gasteiger partial charge on any atom is 0.434 e. The van der Waals surface area contributed by atoms with Crippen LogP contribution in [0.3, 0.4) is 0 Å². The number of halogens is 1. The first kappa shape index (κ1) is 100.0. The SMILES string of the molecule is [C-]#[N+]C1=C[C@]2(C)c3[nH]ncc3CC[C@H]2C(C)(C)C1=O.[C-]#[N+]C1=C[C@]2(C)c3nn(C(=O)OC)cc3CC[C@H]2C(C)(C)C1=O.[C-]#[N+]C1=C[C@]2(C)c3nn(C(C)=O)cc3CC[C@H]2C(C)(C)C1=O.[C-]#[N+]C1=C[C@]2(C)c3nn(C)c(-c4cccc(Cl)c4)c3CC[C@H]2C(C)(C)C1=O.[C-]#[N+]C1=C[C@]2(C)c3nn(C)c(-c4ccccc4)c3CC[C@H]2C(C)(C)C1=O.[C-]#[N+]C1=C[C@]2(C)c3nn(CCC)cc3CC[C@H]2C(C)(C)C1=O. The van der Waals surface area contributed by atoms with E-state index in [9.17, 15) is 38.4 Å². The second-order valence-corrected chi connectivity index (χ2v) is 44.7. The number of Topliss-reactive ketones (excluding diaryl/α,β-unsaturated/α-hetero) is 6. The molecule has 27 nitrogen and oxygen atoms in total. The first-order chi connectivity index (χ1) is 65.2. The van der Waals surface area contributed by atoms with Crippen molar-refractivity contribution in [3.63, 3.8) is 0 Å². The van der Waals surface area contributed by atoms with Crippen LogP contribution in [0.4, 0.5) is 4.79 Å². The standard InChI is InChI=1S/C22H22ClN3O.C22H23N3O.C18H23N3O.C17H19N3O3.C17H19N3O2.C15H17N3O/c1-21(2)17-10-9-15-18(13-7-6-8-14(23)11-13)26(5)25-19(15)22(17,3)12-16(24-4)20(21)27;1-21(2)17-12-11-15-18(14-9-7-6-8-10-14)25(5)24-19(15)22(17,3)13-16(23-4)20(21)26;1-6-9-21-11-12-7-8-14-17(2,3)16(22)13(19-5)10-18(14,4)15(12)20-21;1-16(2)12-7-6-10-9-20(15(22)23-5)19-13(10)17(12,3)8-11(18-4)14(16)21;1-10(21)20-9-11-6-7-13-16(2,3)15(22)12(18-5)8-17(13,4)14(11)19-20;1-14(2)11-6-5-9-8-17-18-12(9)15(11,3)7-10(16-4)13(14)19/h6-8,11-12,17H,9-10H2,1-3,5H3;6-10,13,17H,11-12H2,1-3,5H3;10-11,14H,6-9H2,1-4H3;8-9,12H,6-7H2,1-3,5H3;8-9,13H,6-7H2,1-4H3;7-8,11H,5-6H2,1-3H3,(H,17,18)/t2*17-,22-;14-,18-;12-,17-;13-,17-;11-,15-/m000000/s1. The molecule has 12 atom stereocenters. The highest BCUT2D eigenvalue weighted by Gasteiger charge is 2.62. The summed E-state index contributed by atoms with van der Waals surface area (Å²) in [5.41, 5.74) is 12.7. The monoisotopic (exact) mass is 1890 g/mol. The first-order valence-corrected chi connectivity index (χ1v) is 48.3. The van der Waals surface area contributed by atoms with Crippen molar-refractivity contribution in [2.45, 2.75) is 261 Å². The second-order valence-electron chi connectivity index (χ2n) is 44.3. The van der Waals surface area contributed by atoms with Crippen LogP contribution in [0.5, 0.6) is 0 Å². The molecule has 0 radical (unpaired) electrons. The van der Waals surface area contributed by atoms with Gasteiger partial charge in [0.15, 0.2) is 34.7 Å². The van der Waals surface area contributed by atoms with Gasteiger partial charge in [0, 0.05) is 144 Å². The minimum atomic E-state index is -0.629. The number of allylic oxidation sites excluding steroid dienone is 12. The van der Waals surface area contributed by atoms with E-state index in [1.54, 1.807) is 24.5 Å². The number of nitrogens with one attached hydrogen (secondary N) is 1. The van der Waals surface area contributed by atoms with Crippen LogP contribution in [-0.2, 0) is 125 Å². The quantitative estimate of drug-likeness (QED) is 0.160. The van der Waals surface area contributed by atoms with Gasteiger partial charge in [-0.05, 0) is 153 Å². The van der Waals surface area contributed by atoms with E-state index in [0.717, 1.165) is 158 Å². The molecule has 0 aliphatic heterocycles. The number of ether oxygens (including phenoxy) is 1. The normalized spacial score (nSPS) is 28.3. The number of rotatable bonds is 4. The Bertz CT molecular complexity index is 7020. The Morgan fingerprint density at radius 2 is 0.727 bits per heavy atom. The van der Waals surface area contributed by atoms with Gasteiger partial charge in [-0.1, -0.05) is 222 Å². The van der Waals surface area contributed by atoms with Gasteiger partial charge in [0.1, 0.15) is 0 Å². The van der Waals surface area contributed by atoms with Gasteiger partial charge in [-0.3, -0.25) is 23.9 Å². The molecular weight excluding hydrogens is 1760 g/mol. The number of methoxy groups -OCH3 is 1. The minimum absolute atomic E-state index is 0.0126. The molecule has 139 heavy (non-hydrogen) atoms. The molecule has 0 bridgehead atoms. The van der Waals surface area contributed by atoms with Gasteiger partial charge in [-0.25, -0.2) is 38.5 Å². The van der Waals surface area contributed by atoms with Gasteiger partial charge in [-0.15, -0.1) is 0 Å². The Morgan fingerprint density at radius 3 is 1.09 bits per heavy atom. The van der Waals surface area contributed by atoms with Gasteiger partial charge < -0.3 is 33.5 Å². The maximum absolute atomic E-state index is 12.8. The van der Waals surface area contributed by atoms with E-state index in [0.29, 0.717) is 5.02 Å². The highest BCUT2D eigenvalue weighted by molar-refractivity contribution is 6.30. The van der Waals surface area contributed by atoms with E-state index in [4.69, 9.17) is 71.1 Å². The molecule has 2 aromatic carbocycles. The topological polar surface area (TPSA) is 290 Å². The second kappa shape index (κ2) is 35.4. The summed E-state index contributed by atoms with van der Waals surface area (Å²) in [7, 11) is 5.25. The number of carbonyl (C=O) groups excluding carboxylic acids is 8. The predicted molar refractivity (Wildman–Crippen MR) is 528 cm³/mol. The molecule has 0 saturated heterocycles. The zero-order valence-corrected chi connectivity index (χ0v) is 84.7. The van der Waals surface area contributed by atoms with E-state index in [-0.39, 0.29) is 121 Å². The third kappa shape index (κ3) is 15.8. The summed E-state index contributed by atoms with van der Waals surface area (Å²) in [5, 5.41) is 31.4.